The fraction of sp³-hybridized carbons (Fsp3) is 0.818. The van der Waals surface area contributed by atoms with Gasteiger partial charge in [-0.15, -0.1) is 5.10 Å². The maximum atomic E-state index is 9.08. The average molecular weight is 240 g/mol. The predicted octanol–water partition coefficient (Wildman–Crippen LogP) is 0.701. The van der Waals surface area contributed by atoms with Crippen molar-refractivity contribution >= 4 is 6.01 Å². The number of aromatic nitrogens is 2. The number of hydrogen-bond donors (Lipinski definition) is 2. The SMILES string of the molecule is CNC(C)c1nnc(N(CCO)C2CCC2)o1. The van der Waals surface area contributed by atoms with Crippen molar-refractivity contribution in [3.05, 3.63) is 5.89 Å². The van der Waals surface area contributed by atoms with Gasteiger partial charge in [0.25, 0.3) is 0 Å². The van der Waals surface area contributed by atoms with Crippen LogP contribution in [0.5, 0.6) is 0 Å². The molecule has 1 atom stereocenters. The number of anilines is 1. The lowest BCUT2D eigenvalue weighted by Gasteiger charge is -2.35. The Morgan fingerprint density at radius 2 is 2.29 bits per heavy atom. The number of aliphatic hydroxyl groups is 1. The summed E-state index contributed by atoms with van der Waals surface area (Å²) < 4.78 is 5.64. The van der Waals surface area contributed by atoms with Crippen molar-refractivity contribution in [1.82, 2.24) is 15.5 Å². The molecular formula is C11H20N4O2. The minimum absolute atomic E-state index is 0.0496. The number of nitrogens with zero attached hydrogens (tertiary/aromatic N) is 3. The van der Waals surface area contributed by atoms with E-state index in [1.165, 1.54) is 6.42 Å². The predicted molar refractivity (Wildman–Crippen MR) is 63.8 cm³/mol. The highest BCUT2D eigenvalue weighted by molar-refractivity contribution is 5.28. The first-order valence-electron chi connectivity index (χ1n) is 6.14. The summed E-state index contributed by atoms with van der Waals surface area (Å²) in [4.78, 5) is 2.02. The van der Waals surface area contributed by atoms with Gasteiger partial charge >= 0.3 is 6.01 Å². The van der Waals surface area contributed by atoms with Gasteiger partial charge in [0.05, 0.1) is 12.6 Å². The Balaban J connectivity index is 2.09. The maximum Gasteiger partial charge on any atom is 0.318 e. The molecule has 2 rings (SSSR count). The van der Waals surface area contributed by atoms with Crippen LogP contribution in [0.3, 0.4) is 0 Å². The average Bonchev–Trinajstić information content (AvgIpc) is 2.74. The Morgan fingerprint density at radius 3 is 2.82 bits per heavy atom. The van der Waals surface area contributed by atoms with Gasteiger partial charge in [0.1, 0.15) is 0 Å². The van der Waals surface area contributed by atoms with Gasteiger partial charge in [-0.05, 0) is 33.2 Å². The molecule has 96 valence electrons. The smallest absolute Gasteiger partial charge is 0.318 e. The zero-order valence-corrected chi connectivity index (χ0v) is 10.4. The molecule has 1 aromatic heterocycles. The molecule has 0 radical (unpaired) electrons. The lowest BCUT2D eigenvalue weighted by Crippen LogP contribution is -2.42. The van der Waals surface area contributed by atoms with E-state index >= 15 is 0 Å². The summed E-state index contributed by atoms with van der Waals surface area (Å²) in [6.07, 6.45) is 3.51. The third-order valence-electron chi connectivity index (χ3n) is 3.34. The number of rotatable bonds is 6. The van der Waals surface area contributed by atoms with E-state index in [9.17, 15) is 0 Å². The van der Waals surface area contributed by atoms with Crippen LogP contribution >= 0.6 is 0 Å². The summed E-state index contributed by atoms with van der Waals surface area (Å²) in [5.41, 5.74) is 0. The Labute approximate surface area is 101 Å². The van der Waals surface area contributed by atoms with Crippen LogP contribution in [0.15, 0.2) is 4.42 Å². The summed E-state index contributed by atoms with van der Waals surface area (Å²) in [7, 11) is 1.85. The van der Waals surface area contributed by atoms with Crippen molar-refractivity contribution in [2.75, 3.05) is 25.1 Å². The van der Waals surface area contributed by atoms with Crippen molar-refractivity contribution in [3.8, 4) is 0 Å². The molecule has 0 aliphatic heterocycles. The first-order chi connectivity index (χ1) is 8.26. The fourth-order valence-corrected chi connectivity index (χ4v) is 1.88. The minimum atomic E-state index is 0.0496. The van der Waals surface area contributed by atoms with Gasteiger partial charge in [0.2, 0.25) is 5.89 Å². The van der Waals surface area contributed by atoms with Gasteiger partial charge in [-0.2, -0.15) is 0 Å². The van der Waals surface area contributed by atoms with Crippen molar-refractivity contribution in [1.29, 1.82) is 0 Å². The van der Waals surface area contributed by atoms with Crippen molar-refractivity contribution in [2.45, 2.75) is 38.3 Å². The highest BCUT2D eigenvalue weighted by Gasteiger charge is 2.28. The highest BCUT2D eigenvalue weighted by Crippen LogP contribution is 2.29. The van der Waals surface area contributed by atoms with E-state index in [0.29, 0.717) is 24.5 Å². The molecule has 0 spiro atoms. The van der Waals surface area contributed by atoms with E-state index < -0.39 is 0 Å². The molecule has 1 heterocycles. The van der Waals surface area contributed by atoms with E-state index in [1.807, 2.05) is 18.9 Å². The van der Waals surface area contributed by atoms with Gasteiger partial charge in [0, 0.05) is 12.6 Å². The quantitative estimate of drug-likeness (QED) is 0.762. The van der Waals surface area contributed by atoms with Gasteiger partial charge in [-0.1, -0.05) is 5.10 Å². The summed E-state index contributed by atoms with van der Waals surface area (Å²) in [5.74, 6) is 0.588. The van der Waals surface area contributed by atoms with Gasteiger partial charge in [0.15, 0.2) is 0 Å². The first kappa shape index (κ1) is 12.3. The highest BCUT2D eigenvalue weighted by atomic mass is 16.4. The van der Waals surface area contributed by atoms with E-state index in [1.54, 1.807) is 0 Å². The van der Waals surface area contributed by atoms with Gasteiger partial charge < -0.3 is 19.7 Å². The van der Waals surface area contributed by atoms with Crippen molar-refractivity contribution < 1.29 is 9.52 Å². The van der Waals surface area contributed by atoms with E-state index in [2.05, 4.69) is 15.5 Å². The van der Waals surface area contributed by atoms with Crippen LogP contribution in [-0.4, -0.2) is 41.5 Å². The van der Waals surface area contributed by atoms with E-state index in [4.69, 9.17) is 9.52 Å². The largest absolute Gasteiger partial charge is 0.406 e. The molecule has 6 nitrogen and oxygen atoms in total. The van der Waals surface area contributed by atoms with Crippen LogP contribution < -0.4 is 10.2 Å². The Morgan fingerprint density at radius 1 is 1.53 bits per heavy atom. The monoisotopic (exact) mass is 240 g/mol. The Bertz CT molecular complexity index is 351. The van der Waals surface area contributed by atoms with Crippen LogP contribution in [0.2, 0.25) is 0 Å². The van der Waals surface area contributed by atoms with Crippen molar-refractivity contribution in [3.63, 3.8) is 0 Å². The van der Waals surface area contributed by atoms with E-state index in [0.717, 1.165) is 12.8 Å². The fourth-order valence-electron chi connectivity index (χ4n) is 1.88. The molecule has 17 heavy (non-hydrogen) atoms. The lowest BCUT2D eigenvalue weighted by atomic mass is 9.92. The third kappa shape index (κ3) is 2.58. The standard InChI is InChI=1S/C11H20N4O2/c1-8(12-2)10-13-14-11(17-10)15(6-7-16)9-4-3-5-9/h8-9,12,16H,3-7H2,1-2H3. The van der Waals surface area contributed by atoms with Crippen LogP contribution in [0.25, 0.3) is 0 Å². The summed E-state index contributed by atoms with van der Waals surface area (Å²) in [6.45, 7) is 2.63. The third-order valence-corrected chi connectivity index (χ3v) is 3.34. The van der Waals surface area contributed by atoms with Gasteiger partial charge in [-0.3, -0.25) is 0 Å². The number of hydrogen-bond acceptors (Lipinski definition) is 6. The zero-order valence-electron chi connectivity index (χ0n) is 10.4. The van der Waals surface area contributed by atoms with Crippen LogP contribution in [0, 0.1) is 0 Å². The second-order valence-electron chi connectivity index (χ2n) is 4.43. The molecule has 6 heteroatoms. The summed E-state index contributed by atoms with van der Waals surface area (Å²) in [5, 5.41) is 20.2. The lowest BCUT2D eigenvalue weighted by molar-refractivity contribution is 0.275. The molecule has 1 aliphatic carbocycles. The zero-order chi connectivity index (χ0) is 12.3. The molecule has 1 aromatic rings. The first-order valence-corrected chi connectivity index (χ1v) is 6.14. The second kappa shape index (κ2) is 5.46. The number of aliphatic hydroxyl groups excluding tert-OH is 1. The van der Waals surface area contributed by atoms with Crippen LogP contribution in [-0.2, 0) is 0 Å². The summed E-state index contributed by atoms with van der Waals surface area (Å²) in [6, 6.07) is 1.02. The van der Waals surface area contributed by atoms with E-state index in [-0.39, 0.29) is 12.6 Å². The summed E-state index contributed by atoms with van der Waals surface area (Å²) >= 11 is 0. The molecule has 0 saturated heterocycles. The van der Waals surface area contributed by atoms with Crippen LogP contribution in [0.4, 0.5) is 6.01 Å². The topological polar surface area (TPSA) is 74.4 Å². The minimum Gasteiger partial charge on any atom is -0.406 e. The molecule has 1 saturated carbocycles. The molecule has 0 bridgehead atoms. The second-order valence-corrected chi connectivity index (χ2v) is 4.43. The molecule has 1 aliphatic rings. The maximum absolute atomic E-state index is 9.08. The van der Waals surface area contributed by atoms with Crippen LogP contribution in [0.1, 0.15) is 38.1 Å². The molecule has 0 aromatic carbocycles. The molecule has 2 N–H and O–H groups in total. The van der Waals surface area contributed by atoms with Gasteiger partial charge in [-0.25, -0.2) is 0 Å². The van der Waals surface area contributed by atoms with Crippen molar-refractivity contribution in [2.24, 2.45) is 0 Å². The molecule has 1 fully saturated rings. The Kier molecular flexibility index (Phi) is 3.96. The number of nitrogens with one attached hydrogen (secondary N) is 1. The molecule has 1 unspecified atom stereocenters. The molecular weight excluding hydrogens is 220 g/mol. The Hall–Kier alpha value is -1.14. The normalized spacial score (nSPS) is 17.8. The molecule has 0 amide bonds.